The summed E-state index contributed by atoms with van der Waals surface area (Å²) in [6.45, 7) is 6.88. The fourth-order valence-electron chi connectivity index (χ4n) is 3.25. The molecule has 0 aromatic heterocycles. The monoisotopic (exact) mass is 234 g/mol. The second-order valence-electron chi connectivity index (χ2n) is 5.61. The molecule has 0 spiro atoms. The third-order valence-electron chi connectivity index (χ3n) is 4.03. The van der Waals surface area contributed by atoms with E-state index >= 15 is 0 Å². The standard InChI is InChI=1S/C18H18/c1-4-8-13-9-7-11-15-14-10-5-6-12-16(14)18(2,3)17(13)15/h5-6,9-10,12H,4,8H2,1-3H3. The summed E-state index contributed by atoms with van der Waals surface area (Å²) in [6, 6.07) is 17.4. The molecule has 2 aromatic rings. The highest BCUT2D eigenvalue weighted by Crippen LogP contribution is 2.49. The van der Waals surface area contributed by atoms with Crippen LogP contribution in [0.15, 0.2) is 30.3 Å². The van der Waals surface area contributed by atoms with Crippen molar-refractivity contribution in [1.82, 2.24) is 0 Å². The van der Waals surface area contributed by atoms with E-state index in [1.165, 1.54) is 34.2 Å². The maximum Gasteiger partial charge on any atom is 0.0368 e. The number of hydrogen-bond donors (Lipinski definition) is 0. The molecule has 0 nitrogen and oxygen atoms in total. The van der Waals surface area contributed by atoms with Crippen LogP contribution >= 0.6 is 0 Å². The van der Waals surface area contributed by atoms with Crippen molar-refractivity contribution in [2.45, 2.75) is 39.0 Å². The molecule has 0 saturated carbocycles. The SMILES string of the molecule is CCCc1cc#cc2c1C(C)(C)c1ccccc1-2. The highest BCUT2D eigenvalue weighted by Gasteiger charge is 2.36. The Bertz CT molecular complexity index is 591. The molecular weight excluding hydrogens is 216 g/mol. The van der Waals surface area contributed by atoms with Crippen LogP contribution < -0.4 is 0 Å². The highest BCUT2D eigenvalue weighted by molar-refractivity contribution is 5.80. The maximum absolute atomic E-state index is 3.33. The zero-order valence-electron chi connectivity index (χ0n) is 11.3. The third kappa shape index (κ3) is 1.40. The molecule has 0 atom stereocenters. The average Bonchev–Trinajstić information content (AvgIpc) is 2.61. The van der Waals surface area contributed by atoms with E-state index in [1.807, 2.05) is 0 Å². The van der Waals surface area contributed by atoms with Crippen LogP contribution in [-0.4, -0.2) is 0 Å². The van der Waals surface area contributed by atoms with E-state index in [0.717, 1.165) is 6.42 Å². The normalized spacial score (nSPS) is 14.8. The molecule has 0 saturated heterocycles. The lowest BCUT2D eigenvalue weighted by Crippen LogP contribution is -2.17. The van der Waals surface area contributed by atoms with Gasteiger partial charge in [0.15, 0.2) is 0 Å². The minimum absolute atomic E-state index is 0.0992. The van der Waals surface area contributed by atoms with Crippen molar-refractivity contribution >= 4 is 0 Å². The summed E-state index contributed by atoms with van der Waals surface area (Å²) >= 11 is 0. The molecule has 1 aliphatic carbocycles. The molecule has 0 unspecified atom stereocenters. The first-order valence-electron chi connectivity index (χ1n) is 6.72. The Morgan fingerprint density at radius 1 is 1.17 bits per heavy atom. The number of aryl methyl sites for hydroxylation is 1. The number of hydrogen-bond acceptors (Lipinski definition) is 0. The average molecular weight is 234 g/mol. The van der Waals surface area contributed by atoms with Gasteiger partial charge in [0.1, 0.15) is 0 Å². The van der Waals surface area contributed by atoms with Crippen molar-refractivity contribution in [3.8, 4) is 11.1 Å². The molecule has 0 N–H and O–H groups in total. The molecule has 0 heterocycles. The number of fused-ring (bicyclic) bond motifs is 3. The largest absolute Gasteiger partial charge is 0.0693 e. The van der Waals surface area contributed by atoms with E-state index in [9.17, 15) is 0 Å². The molecule has 0 bridgehead atoms. The molecule has 90 valence electrons. The minimum atomic E-state index is 0.0992. The first-order valence-corrected chi connectivity index (χ1v) is 6.72. The molecule has 1 aliphatic rings. The first-order chi connectivity index (χ1) is 8.66. The Hall–Kier alpha value is -1.74. The molecule has 0 aliphatic heterocycles. The van der Waals surface area contributed by atoms with E-state index < -0.39 is 0 Å². The lowest BCUT2D eigenvalue weighted by Gasteiger charge is -2.23. The summed E-state index contributed by atoms with van der Waals surface area (Å²) in [7, 11) is 0. The van der Waals surface area contributed by atoms with Crippen molar-refractivity contribution in [3.63, 3.8) is 0 Å². The van der Waals surface area contributed by atoms with Gasteiger partial charge in [-0.05, 0) is 34.7 Å². The predicted octanol–water partition coefficient (Wildman–Crippen LogP) is 4.55. The van der Waals surface area contributed by atoms with Gasteiger partial charge in [-0.25, -0.2) is 0 Å². The highest BCUT2D eigenvalue weighted by atomic mass is 14.4. The van der Waals surface area contributed by atoms with Crippen LogP contribution in [-0.2, 0) is 11.8 Å². The smallest absolute Gasteiger partial charge is 0.0368 e. The summed E-state index contributed by atoms with van der Waals surface area (Å²) in [5.41, 5.74) is 7.03. The number of rotatable bonds is 2. The number of benzene rings is 1. The van der Waals surface area contributed by atoms with Crippen LogP contribution in [0.25, 0.3) is 11.1 Å². The molecule has 0 fully saturated rings. The van der Waals surface area contributed by atoms with Gasteiger partial charge < -0.3 is 0 Å². The second kappa shape index (κ2) is 3.89. The Morgan fingerprint density at radius 3 is 2.72 bits per heavy atom. The van der Waals surface area contributed by atoms with Crippen molar-refractivity contribution in [2.75, 3.05) is 0 Å². The quantitative estimate of drug-likeness (QED) is 0.715. The molecular formula is C18H18. The van der Waals surface area contributed by atoms with E-state index in [1.54, 1.807) is 0 Å². The lowest BCUT2D eigenvalue weighted by atomic mass is 9.80. The van der Waals surface area contributed by atoms with Gasteiger partial charge in [0, 0.05) is 11.0 Å². The Morgan fingerprint density at radius 2 is 1.94 bits per heavy atom. The fraction of sp³-hybridized carbons (Fsp3) is 0.333. The van der Waals surface area contributed by atoms with E-state index in [4.69, 9.17) is 0 Å². The third-order valence-corrected chi connectivity index (χ3v) is 4.03. The van der Waals surface area contributed by atoms with Crippen molar-refractivity contribution in [3.05, 3.63) is 59.2 Å². The summed E-state index contributed by atoms with van der Waals surface area (Å²) in [6.07, 6.45) is 2.31. The van der Waals surface area contributed by atoms with Gasteiger partial charge in [-0.15, -0.1) is 0 Å². The van der Waals surface area contributed by atoms with Gasteiger partial charge in [0.2, 0.25) is 0 Å². The van der Waals surface area contributed by atoms with Crippen LogP contribution in [0, 0.1) is 12.1 Å². The maximum atomic E-state index is 3.33. The van der Waals surface area contributed by atoms with E-state index in [2.05, 4.69) is 63.2 Å². The summed E-state index contributed by atoms with van der Waals surface area (Å²) in [5, 5.41) is 0. The molecule has 0 amide bonds. The van der Waals surface area contributed by atoms with Gasteiger partial charge >= 0.3 is 0 Å². The van der Waals surface area contributed by atoms with Crippen molar-refractivity contribution in [2.24, 2.45) is 0 Å². The Kier molecular flexibility index (Phi) is 2.45. The molecule has 2 aromatic carbocycles. The molecule has 0 radical (unpaired) electrons. The molecule has 0 heteroatoms. The predicted molar refractivity (Wildman–Crippen MR) is 75.7 cm³/mol. The second-order valence-corrected chi connectivity index (χ2v) is 5.61. The van der Waals surface area contributed by atoms with Gasteiger partial charge in [0.05, 0.1) is 0 Å². The first kappa shape index (κ1) is 11.4. The molecule has 3 rings (SSSR count). The van der Waals surface area contributed by atoms with Gasteiger partial charge in [-0.2, -0.15) is 0 Å². The van der Waals surface area contributed by atoms with Crippen LogP contribution in [0.5, 0.6) is 0 Å². The summed E-state index contributed by atoms with van der Waals surface area (Å²) in [4.78, 5) is 0. The van der Waals surface area contributed by atoms with Gasteiger partial charge in [-0.1, -0.05) is 63.6 Å². The zero-order valence-corrected chi connectivity index (χ0v) is 11.3. The van der Waals surface area contributed by atoms with Gasteiger partial charge in [-0.3, -0.25) is 0 Å². The fourth-order valence-corrected chi connectivity index (χ4v) is 3.25. The van der Waals surface area contributed by atoms with Crippen molar-refractivity contribution < 1.29 is 0 Å². The summed E-state index contributed by atoms with van der Waals surface area (Å²) < 4.78 is 0. The van der Waals surface area contributed by atoms with E-state index in [0.29, 0.717) is 0 Å². The minimum Gasteiger partial charge on any atom is -0.0693 e. The zero-order chi connectivity index (χ0) is 12.8. The Balaban J connectivity index is 2.31. The lowest BCUT2D eigenvalue weighted by molar-refractivity contribution is 0.649. The van der Waals surface area contributed by atoms with Crippen LogP contribution in [0.1, 0.15) is 43.9 Å². The van der Waals surface area contributed by atoms with Crippen LogP contribution in [0.4, 0.5) is 0 Å². The van der Waals surface area contributed by atoms with E-state index in [-0.39, 0.29) is 5.41 Å². The topological polar surface area (TPSA) is 0 Å². The van der Waals surface area contributed by atoms with Crippen molar-refractivity contribution in [1.29, 1.82) is 0 Å². The Labute approximate surface area is 110 Å². The van der Waals surface area contributed by atoms with Crippen LogP contribution in [0.3, 0.4) is 0 Å². The van der Waals surface area contributed by atoms with Gasteiger partial charge in [0.25, 0.3) is 0 Å². The summed E-state index contributed by atoms with van der Waals surface area (Å²) in [5.74, 6) is 0. The van der Waals surface area contributed by atoms with Crippen LogP contribution in [0.2, 0.25) is 0 Å². The molecule has 18 heavy (non-hydrogen) atoms.